The highest BCUT2D eigenvalue weighted by molar-refractivity contribution is 5.34. The minimum atomic E-state index is 0.466. The van der Waals surface area contributed by atoms with Gasteiger partial charge in [-0.3, -0.25) is 0 Å². The number of nitriles is 1. The molecule has 66 valence electrons. The van der Waals surface area contributed by atoms with E-state index in [4.69, 9.17) is 5.26 Å². The van der Waals surface area contributed by atoms with Gasteiger partial charge in [0.25, 0.3) is 0 Å². The van der Waals surface area contributed by atoms with Crippen molar-refractivity contribution in [3.63, 3.8) is 0 Å². The number of nitrogens with one attached hydrogen (secondary N) is 1. The Kier molecular flexibility index (Phi) is 2.29. The molecule has 0 saturated carbocycles. The Labute approximate surface area is 78.2 Å². The minimum absolute atomic E-state index is 0.466. The average molecular weight is 172 g/mol. The molecule has 1 aliphatic rings. The molecule has 0 radical (unpaired) electrons. The Balaban J connectivity index is 2.25. The maximum Gasteiger partial charge on any atom is 0.0991 e. The highest BCUT2D eigenvalue weighted by Crippen LogP contribution is 2.23. The zero-order chi connectivity index (χ0) is 9.10. The summed E-state index contributed by atoms with van der Waals surface area (Å²) < 4.78 is 0. The fourth-order valence-electron chi connectivity index (χ4n) is 1.79. The predicted molar refractivity (Wildman–Crippen MR) is 51.1 cm³/mol. The van der Waals surface area contributed by atoms with Gasteiger partial charge in [-0.25, -0.2) is 0 Å². The van der Waals surface area contributed by atoms with E-state index in [0.29, 0.717) is 6.04 Å². The summed E-state index contributed by atoms with van der Waals surface area (Å²) in [7, 11) is 0. The van der Waals surface area contributed by atoms with Crippen molar-refractivity contribution in [2.45, 2.75) is 18.9 Å². The molecular formula is C11H12N2. The lowest BCUT2D eigenvalue weighted by atomic mass is 10.0. The van der Waals surface area contributed by atoms with Crippen molar-refractivity contribution in [2.24, 2.45) is 0 Å². The van der Waals surface area contributed by atoms with E-state index in [1.165, 1.54) is 18.4 Å². The summed E-state index contributed by atoms with van der Waals surface area (Å²) in [6.07, 6.45) is 2.43. The molecule has 1 aliphatic heterocycles. The van der Waals surface area contributed by atoms with Crippen LogP contribution in [0.2, 0.25) is 0 Å². The van der Waals surface area contributed by atoms with E-state index >= 15 is 0 Å². The highest BCUT2D eigenvalue weighted by atomic mass is 14.9. The molecule has 0 unspecified atom stereocenters. The van der Waals surface area contributed by atoms with Gasteiger partial charge in [-0.15, -0.1) is 0 Å². The van der Waals surface area contributed by atoms with Crippen LogP contribution in [-0.4, -0.2) is 6.54 Å². The van der Waals surface area contributed by atoms with Crippen LogP contribution in [0.25, 0.3) is 0 Å². The van der Waals surface area contributed by atoms with Gasteiger partial charge in [-0.05, 0) is 37.1 Å². The molecule has 2 rings (SSSR count). The molecule has 1 N–H and O–H groups in total. The van der Waals surface area contributed by atoms with Gasteiger partial charge >= 0.3 is 0 Å². The van der Waals surface area contributed by atoms with E-state index in [1.807, 2.05) is 18.2 Å². The lowest BCUT2D eigenvalue weighted by Gasteiger charge is -2.09. The fraction of sp³-hybridized carbons (Fsp3) is 0.364. The SMILES string of the molecule is N#Cc1cccc([C@@H]2CCCN2)c1. The summed E-state index contributed by atoms with van der Waals surface area (Å²) >= 11 is 0. The minimum Gasteiger partial charge on any atom is -0.310 e. The second-order valence-corrected chi connectivity index (χ2v) is 3.39. The summed E-state index contributed by atoms with van der Waals surface area (Å²) in [5.41, 5.74) is 2.00. The van der Waals surface area contributed by atoms with Crippen molar-refractivity contribution in [1.29, 1.82) is 5.26 Å². The van der Waals surface area contributed by atoms with Crippen molar-refractivity contribution < 1.29 is 0 Å². The zero-order valence-corrected chi connectivity index (χ0v) is 7.46. The lowest BCUT2D eigenvalue weighted by Crippen LogP contribution is -2.12. The van der Waals surface area contributed by atoms with Crippen LogP contribution in [0.15, 0.2) is 24.3 Å². The van der Waals surface area contributed by atoms with Crippen LogP contribution in [0.3, 0.4) is 0 Å². The summed E-state index contributed by atoms with van der Waals surface area (Å²) in [6.45, 7) is 1.10. The molecular weight excluding hydrogens is 160 g/mol. The van der Waals surface area contributed by atoms with E-state index in [0.717, 1.165) is 12.1 Å². The second kappa shape index (κ2) is 3.59. The molecule has 0 aliphatic carbocycles. The van der Waals surface area contributed by atoms with Gasteiger partial charge in [0.15, 0.2) is 0 Å². The van der Waals surface area contributed by atoms with Crippen molar-refractivity contribution in [2.75, 3.05) is 6.54 Å². The van der Waals surface area contributed by atoms with Crippen molar-refractivity contribution >= 4 is 0 Å². The van der Waals surface area contributed by atoms with Gasteiger partial charge in [0, 0.05) is 6.04 Å². The highest BCUT2D eigenvalue weighted by Gasteiger charge is 2.15. The maximum atomic E-state index is 8.73. The number of hydrogen-bond acceptors (Lipinski definition) is 2. The molecule has 13 heavy (non-hydrogen) atoms. The van der Waals surface area contributed by atoms with Gasteiger partial charge in [-0.1, -0.05) is 12.1 Å². The van der Waals surface area contributed by atoms with Gasteiger partial charge in [-0.2, -0.15) is 5.26 Å². The van der Waals surface area contributed by atoms with Crippen LogP contribution in [0, 0.1) is 11.3 Å². The van der Waals surface area contributed by atoms with Crippen molar-refractivity contribution in [1.82, 2.24) is 5.32 Å². The molecule has 0 bridgehead atoms. The smallest absolute Gasteiger partial charge is 0.0991 e. The first-order chi connectivity index (χ1) is 6.40. The first-order valence-electron chi connectivity index (χ1n) is 4.63. The molecule has 1 aromatic carbocycles. The Hall–Kier alpha value is -1.33. The van der Waals surface area contributed by atoms with Crippen LogP contribution < -0.4 is 5.32 Å². The average Bonchev–Trinajstić information content (AvgIpc) is 2.71. The molecule has 1 fully saturated rings. The van der Waals surface area contributed by atoms with E-state index in [-0.39, 0.29) is 0 Å². The van der Waals surface area contributed by atoms with Crippen LogP contribution in [0.1, 0.15) is 30.0 Å². The molecule has 1 atom stereocenters. The quantitative estimate of drug-likeness (QED) is 0.703. The third kappa shape index (κ3) is 1.71. The van der Waals surface area contributed by atoms with E-state index in [1.54, 1.807) is 0 Å². The van der Waals surface area contributed by atoms with Crippen LogP contribution in [0.4, 0.5) is 0 Å². The Morgan fingerprint density at radius 1 is 1.46 bits per heavy atom. The second-order valence-electron chi connectivity index (χ2n) is 3.39. The monoisotopic (exact) mass is 172 g/mol. The first kappa shape index (κ1) is 8.28. The number of nitrogens with zero attached hydrogens (tertiary/aromatic N) is 1. The van der Waals surface area contributed by atoms with E-state index in [9.17, 15) is 0 Å². The number of hydrogen-bond donors (Lipinski definition) is 1. The van der Waals surface area contributed by atoms with Gasteiger partial charge < -0.3 is 5.32 Å². The molecule has 1 heterocycles. The summed E-state index contributed by atoms with van der Waals surface area (Å²) in [5.74, 6) is 0. The van der Waals surface area contributed by atoms with Crippen LogP contribution in [-0.2, 0) is 0 Å². The standard InChI is InChI=1S/C11H12N2/c12-8-9-3-1-4-10(7-9)11-5-2-6-13-11/h1,3-4,7,11,13H,2,5-6H2/t11-/m0/s1. The van der Waals surface area contributed by atoms with Crippen molar-refractivity contribution in [3.8, 4) is 6.07 Å². The predicted octanol–water partition coefficient (Wildman–Crippen LogP) is 1.98. The summed E-state index contributed by atoms with van der Waals surface area (Å²) in [6, 6.07) is 10.5. The molecule has 0 amide bonds. The Morgan fingerprint density at radius 2 is 2.38 bits per heavy atom. The third-order valence-electron chi connectivity index (χ3n) is 2.48. The first-order valence-corrected chi connectivity index (χ1v) is 4.63. The fourth-order valence-corrected chi connectivity index (χ4v) is 1.79. The Bertz CT molecular complexity index is 332. The molecule has 1 saturated heterocycles. The van der Waals surface area contributed by atoms with Gasteiger partial charge in [0.1, 0.15) is 0 Å². The summed E-state index contributed by atoms with van der Waals surface area (Å²) in [4.78, 5) is 0. The normalized spacial score (nSPS) is 21.3. The topological polar surface area (TPSA) is 35.8 Å². The summed E-state index contributed by atoms with van der Waals surface area (Å²) in [5, 5.41) is 12.1. The molecule has 0 aromatic heterocycles. The van der Waals surface area contributed by atoms with Gasteiger partial charge in [0.2, 0.25) is 0 Å². The van der Waals surface area contributed by atoms with Crippen LogP contribution in [0.5, 0.6) is 0 Å². The van der Waals surface area contributed by atoms with E-state index < -0.39 is 0 Å². The molecule has 2 nitrogen and oxygen atoms in total. The third-order valence-corrected chi connectivity index (χ3v) is 2.48. The Morgan fingerprint density at radius 3 is 3.08 bits per heavy atom. The van der Waals surface area contributed by atoms with Crippen LogP contribution >= 0.6 is 0 Å². The molecule has 0 spiro atoms. The lowest BCUT2D eigenvalue weighted by molar-refractivity contribution is 0.647. The molecule has 2 heteroatoms. The number of rotatable bonds is 1. The zero-order valence-electron chi connectivity index (χ0n) is 7.46. The number of benzene rings is 1. The van der Waals surface area contributed by atoms with Gasteiger partial charge in [0.05, 0.1) is 11.6 Å². The molecule has 1 aromatic rings. The van der Waals surface area contributed by atoms with Crippen molar-refractivity contribution in [3.05, 3.63) is 35.4 Å². The maximum absolute atomic E-state index is 8.73. The van der Waals surface area contributed by atoms with E-state index in [2.05, 4.69) is 17.5 Å². The largest absolute Gasteiger partial charge is 0.310 e.